The van der Waals surface area contributed by atoms with Crippen molar-refractivity contribution in [2.45, 2.75) is 5.33 Å². The van der Waals surface area contributed by atoms with Gasteiger partial charge in [-0.2, -0.15) is 0 Å². The highest BCUT2D eigenvalue weighted by molar-refractivity contribution is 9.08. The van der Waals surface area contributed by atoms with Crippen LogP contribution in [0.1, 0.15) is 15.9 Å². The van der Waals surface area contributed by atoms with E-state index in [1.54, 1.807) is 18.5 Å². The summed E-state index contributed by atoms with van der Waals surface area (Å²) in [5.74, 6) is 0. The van der Waals surface area contributed by atoms with E-state index >= 15 is 0 Å². The fourth-order valence-corrected chi connectivity index (χ4v) is 1.90. The summed E-state index contributed by atoms with van der Waals surface area (Å²) >= 11 is 3.40. The first kappa shape index (κ1) is 11.0. The lowest BCUT2D eigenvalue weighted by atomic mass is 10.0. The second-order valence-electron chi connectivity index (χ2n) is 3.41. The van der Waals surface area contributed by atoms with Gasteiger partial charge in [-0.05, 0) is 17.2 Å². The molecule has 1 aromatic heterocycles. The molecule has 0 fully saturated rings. The van der Waals surface area contributed by atoms with Crippen molar-refractivity contribution in [3.05, 3.63) is 53.9 Å². The Bertz CT molecular complexity index is 494. The minimum absolute atomic E-state index is 0.668. The first-order chi connectivity index (χ1) is 7.85. The van der Waals surface area contributed by atoms with Crippen molar-refractivity contribution in [1.82, 2.24) is 4.98 Å². The number of benzene rings is 1. The average Bonchev–Trinajstić information content (AvgIpc) is 2.39. The molecule has 0 aliphatic heterocycles. The molecule has 16 heavy (non-hydrogen) atoms. The maximum absolute atomic E-state index is 10.9. The number of alkyl halides is 1. The Hall–Kier alpha value is -1.48. The quantitative estimate of drug-likeness (QED) is 0.634. The first-order valence-corrected chi connectivity index (χ1v) is 6.02. The Balaban J connectivity index is 2.46. The molecule has 0 saturated carbocycles. The molecule has 0 atom stereocenters. The number of carbonyl (C=O) groups is 1. The number of hydrogen-bond donors (Lipinski definition) is 0. The molecule has 3 heteroatoms. The van der Waals surface area contributed by atoms with Crippen LogP contribution in [0.4, 0.5) is 0 Å². The van der Waals surface area contributed by atoms with E-state index in [2.05, 4.69) is 20.9 Å². The molecule has 80 valence electrons. The van der Waals surface area contributed by atoms with Gasteiger partial charge in [0.05, 0.1) is 0 Å². The number of hydrogen-bond acceptors (Lipinski definition) is 2. The normalized spacial score (nSPS) is 10.1. The zero-order valence-electron chi connectivity index (χ0n) is 8.56. The third-order valence-electron chi connectivity index (χ3n) is 2.40. The maximum Gasteiger partial charge on any atom is 0.150 e. The Morgan fingerprint density at radius 3 is 2.56 bits per heavy atom. The molecule has 2 aromatic rings. The molecule has 2 nitrogen and oxygen atoms in total. The summed E-state index contributed by atoms with van der Waals surface area (Å²) in [7, 11) is 0. The standard InChI is InChI=1S/C13H10BrNO/c14-7-10-1-3-11(4-2-10)13-8-15-6-5-12(13)9-16/h1-6,8-9H,7H2. The molecular weight excluding hydrogens is 266 g/mol. The van der Waals surface area contributed by atoms with E-state index in [0.717, 1.165) is 22.7 Å². The average molecular weight is 276 g/mol. The van der Waals surface area contributed by atoms with E-state index in [1.807, 2.05) is 24.3 Å². The third kappa shape index (κ3) is 2.19. The minimum atomic E-state index is 0.668. The third-order valence-corrected chi connectivity index (χ3v) is 3.05. The summed E-state index contributed by atoms with van der Waals surface area (Å²) in [6, 6.07) is 9.79. The van der Waals surface area contributed by atoms with Crippen LogP contribution in [0.15, 0.2) is 42.7 Å². The van der Waals surface area contributed by atoms with E-state index in [4.69, 9.17) is 0 Å². The van der Waals surface area contributed by atoms with Crippen LogP contribution in [0.25, 0.3) is 11.1 Å². The van der Waals surface area contributed by atoms with Crippen LogP contribution in [-0.2, 0) is 5.33 Å². The topological polar surface area (TPSA) is 30.0 Å². The van der Waals surface area contributed by atoms with Gasteiger partial charge >= 0.3 is 0 Å². The van der Waals surface area contributed by atoms with Crippen LogP contribution in [0.3, 0.4) is 0 Å². The molecule has 0 N–H and O–H groups in total. The van der Waals surface area contributed by atoms with Crippen LogP contribution in [0.5, 0.6) is 0 Å². The van der Waals surface area contributed by atoms with Crippen LogP contribution >= 0.6 is 15.9 Å². The largest absolute Gasteiger partial charge is 0.298 e. The predicted molar refractivity (Wildman–Crippen MR) is 67.7 cm³/mol. The van der Waals surface area contributed by atoms with Gasteiger partial charge in [-0.25, -0.2) is 0 Å². The molecule has 0 aliphatic carbocycles. The monoisotopic (exact) mass is 275 g/mol. The van der Waals surface area contributed by atoms with Crippen LogP contribution in [0.2, 0.25) is 0 Å². The summed E-state index contributed by atoms with van der Waals surface area (Å²) in [6.07, 6.45) is 4.20. The van der Waals surface area contributed by atoms with Crippen LogP contribution in [-0.4, -0.2) is 11.3 Å². The lowest BCUT2D eigenvalue weighted by Gasteiger charge is -2.04. The number of halogens is 1. The molecule has 0 radical (unpaired) electrons. The van der Waals surface area contributed by atoms with Crippen LogP contribution < -0.4 is 0 Å². The van der Waals surface area contributed by atoms with Gasteiger partial charge in [0.15, 0.2) is 6.29 Å². The molecule has 2 rings (SSSR count). The number of aromatic nitrogens is 1. The van der Waals surface area contributed by atoms with Gasteiger partial charge in [-0.15, -0.1) is 0 Å². The minimum Gasteiger partial charge on any atom is -0.298 e. The van der Waals surface area contributed by atoms with Gasteiger partial charge in [0, 0.05) is 28.9 Å². The highest BCUT2D eigenvalue weighted by atomic mass is 79.9. The van der Waals surface area contributed by atoms with Crippen molar-refractivity contribution in [3.63, 3.8) is 0 Å². The fraction of sp³-hybridized carbons (Fsp3) is 0.0769. The molecule has 0 amide bonds. The lowest BCUT2D eigenvalue weighted by Crippen LogP contribution is -1.89. The number of aldehydes is 1. The van der Waals surface area contributed by atoms with E-state index in [9.17, 15) is 4.79 Å². The summed E-state index contributed by atoms with van der Waals surface area (Å²) in [5.41, 5.74) is 3.76. The van der Waals surface area contributed by atoms with E-state index in [-0.39, 0.29) is 0 Å². The second kappa shape index (κ2) is 5.03. The van der Waals surface area contributed by atoms with Crippen molar-refractivity contribution >= 4 is 22.2 Å². The molecule has 0 aliphatic rings. The summed E-state index contributed by atoms with van der Waals surface area (Å²) in [6.45, 7) is 0. The smallest absolute Gasteiger partial charge is 0.150 e. The predicted octanol–water partition coefficient (Wildman–Crippen LogP) is 3.46. The Labute approximate surface area is 102 Å². The molecule has 1 heterocycles. The van der Waals surface area contributed by atoms with Crippen molar-refractivity contribution in [3.8, 4) is 11.1 Å². The van der Waals surface area contributed by atoms with E-state index in [1.165, 1.54) is 5.56 Å². The zero-order chi connectivity index (χ0) is 11.4. The van der Waals surface area contributed by atoms with Crippen molar-refractivity contribution in [2.75, 3.05) is 0 Å². The van der Waals surface area contributed by atoms with Crippen molar-refractivity contribution in [1.29, 1.82) is 0 Å². The van der Waals surface area contributed by atoms with E-state index in [0.29, 0.717) is 5.56 Å². The molecule has 0 spiro atoms. The summed E-state index contributed by atoms with van der Waals surface area (Å²) < 4.78 is 0. The lowest BCUT2D eigenvalue weighted by molar-refractivity contribution is 0.112. The number of rotatable bonds is 3. The number of pyridine rings is 1. The second-order valence-corrected chi connectivity index (χ2v) is 3.97. The Kier molecular flexibility index (Phi) is 3.47. The molecule has 1 aromatic carbocycles. The summed E-state index contributed by atoms with van der Waals surface area (Å²) in [5, 5.41) is 0.834. The Morgan fingerprint density at radius 2 is 1.94 bits per heavy atom. The molecule has 0 saturated heterocycles. The van der Waals surface area contributed by atoms with Gasteiger partial charge in [-0.3, -0.25) is 9.78 Å². The molecule has 0 unspecified atom stereocenters. The number of carbonyl (C=O) groups excluding carboxylic acids is 1. The highest BCUT2D eigenvalue weighted by Crippen LogP contribution is 2.22. The van der Waals surface area contributed by atoms with Crippen LogP contribution in [0, 0.1) is 0 Å². The Morgan fingerprint density at radius 1 is 1.19 bits per heavy atom. The summed E-state index contributed by atoms with van der Waals surface area (Å²) in [4.78, 5) is 14.9. The first-order valence-electron chi connectivity index (χ1n) is 4.89. The van der Waals surface area contributed by atoms with Gasteiger partial charge in [0.1, 0.15) is 0 Å². The number of nitrogens with zero attached hydrogens (tertiary/aromatic N) is 1. The highest BCUT2D eigenvalue weighted by Gasteiger charge is 2.03. The van der Waals surface area contributed by atoms with Gasteiger partial charge in [0.2, 0.25) is 0 Å². The molecule has 0 bridgehead atoms. The van der Waals surface area contributed by atoms with E-state index < -0.39 is 0 Å². The van der Waals surface area contributed by atoms with Crippen molar-refractivity contribution < 1.29 is 4.79 Å². The van der Waals surface area contributed by atoms with Gasteiger partial charge in [0.25, 0.3) is 0 Å². The maximum atomic E-state index is 10.9. The SMILES string of the molecule is O=Cc1ccncc1-c1ccc(CBr)cc1. The van der Waals surface area contributed by atoms with Gasteiger partial charge < -0.3 is 0 Å². The fourth-order valence-electron chi connectivity index (χ4n) is 1.52. The van der Waals surface area contributed by atoms with Crippen molar-refractivity contribution in [2.24, 2.45) is 0 Å². The van der Waals surface area contributed by atoms with Gasteiger partial charge in [-0.1, -0.05) is 40.2 Å². The molecular formula is C13H10BrNO. The zero-order valence-corrected chi connectivity index (χ0v) is 10.1.